The zero-order valence-corrected chi connectivity index (χ0v) is 14.1. The Morgan fingerprint density at radius 1 is 1.26 bits per heavy atom. The Labute approximate surface area is 138 Å². The molecule has 0 unspecified atom stereocenters. The second kappa shape index (κ2) is 6.46. The van der Waals surface area contributed by atoms with Crippen molar-refractivity contribution in [3.63, 3.8) is 0 Å². The standard InChI is InChI=1S/C19H27N3O/c1-14-4-3-5-15(2)17(14)7-6-16-8-10-22(11-9-16)18(23)19(20)12-21-13-19/h3-7,16,21H,8-13,20H2,1-2H3/b7-6+. The maximum absolute atomic E-state index is 12.4. The summed E-state index contributed by atoms with van der Waals surface area (Å²) in [6.07, 6.45) is 6.63. The van der Waals surface area contributed by atoms with E-state index in [0.29, 0.717) is 19.0 Å². The van der Waals surface area contributed by atoms with E-state index in [2.05, 4.69) is 49.5 Å². The van der Waals surface area contributed by atoms with Gasteiger partial charge >= 0.3 is 0 Å². The second-order valence-electron chi connectivity index (χ2n) is 7.05. The average Bonchev–Trinajstić information content (AvgIpc) is 2.52. The Kier molecular flexibility index (Phi) is 4.55. The van der Waals surface area contributed by atoms with Gasteiger partial charge in [0.15, 0.2) is 0 Å². The van der Waals surface area contributed by atoms with Crippen molar-refractivity contribution in [2.75, 3.05) is 26.2 Å². The van der Waals surface area contributed by atoms with Gasteiger partial charge in [0, 0.05) is 26.2 Å². The normalized spacial score (nSPS) is 21.4. The number of amides is 1. The van der Waals surface area contributed by atoms with E-state index in [-0.39, 0.29) is 5.91 Å². The number of nitrogens with zero attached hydrogens (tertiary/aromatic N) is 1. The SMILES string of the molecule is Cc1cccc(C)c1/C=C/C1CCN(C(=O)C2(N)CNC2)CC1. The molecule has 0 atom stereocenters. The second-order valence-corrected chi connectivity index (χ2v) is 7.05. The summed E-state index contributed by atoms with van der Waals surface area (Å²) in [5.41, 5.74) is 9.42. The molecule has 0 bridgehead atoms. The molecule has 1 aromatic carbocycles. The van der Waals surface area contributed by atoms with Crippen molar-refractivity contribution in [1.82, 2.24) is 10.2 Å². The molecular formula is C19H27N3O. The van der Waals surface area contributed by atoms with E-state index in [1.807, 2.05) is 4.90 Å². The van der Waals surface area contributed by atoms with Crippen LogP contribution in [0.2, 0.25) is 0 Å². The fourth-order valence-corrected chi connectivity index (χ4v) is 3.48. The van der Waals surface area contributed by atoms with Gasteiger partial charge in [0.1, 0.15) is 5.54 Å². The third kappa shape index (κ3) is 3.33. The van der Waals surface area contributed by atoms with Gasteiger partial charge in [-0.15, -0.1) is 0 Å². The number of allylic oxidation sites excluding steroid dienone is 1. The van der Waals surface area contributed by atoms with Crippen molar-refractivity contribution in [3.8, 4) is 0 Å². The molecule has 1 aromatic rings. The van der Waals surface area contributed by atoms with E-state index in [9.17, 15) is 4.79 Å². The summed E-state index contributed by atoms with van der Waals surface area (Å²) in [4.78, 5) is 14.4. The Morgan fingerprint density at radius 2 is 1.87 bits per heavy atom. The van der Waals surface area contributed by atoms with Crippen molar-refractivity contribution < 1.29 is 4.79 Å². The van der Waals surface area contributed by atoms with Crippen molar-refractivity contribution in [2.45, 2.75) is 32.2 Å². The van der Waals surface area contributed by atoms with Crippen LogP contribution in [0.3, 0.4) is 0 Å². The summed E-state index contributed by atoms with van der Waals surface area (Å²) in [6.45, 7) is 7.16. The number of piperidine rings is 1. The fraction of sp³-hybridized carbons (Fsp3) is 0.526. The number of carbonyl (C=O) groups excluding carboxylic acids is 1. The summed E-state index contributed by atoms with van der Waals surface area (Å²) in [5.74, 6) is 0.666. The molecule has 3 rings (SSSR count). The molecule has 2 aliphatic rings. The number of hydrogen-bond acceptors (Lipinski definition) is 3. The van der Waals surface area contributed by atoms with E-state index in [1.54, 1.807) is 0 Å². The van der Waals surface area contributed by atoms with Crippen LogP contribution < -0.4 is 11.1 Å². The number of nitrogens with one attached hydrogen (secondary N) is 1. The van der Waals surface area contributed by atoms with Crippen LogP contribution in [-0.2, 0) is 4.79 Å². The first-order valence-electron chi connectivity index (χ1n) is 8.53. The molecule has 0 aromatic heterocycles. The third-order valence-corrected chi connectivity index (χ3v) is 5.21. The Bertz CT molecular complexity index is 591. The molecule has 2 aliphatic heterocycles. The molecule has 4 nitrogen and oxygen atoms in total. The van der Waals surface area contributed by atoms with E-state index < -0.39 is 5.54 Å². The summed E-state index contributed by atoms with van der Waals surface area (Å²) in [6, 6.07) is 6.41. The summed E-state index contributed by atoms with van der Waals surface area (Å²) < 4.78 is 0. The number of rotatable bonds is 3. The zero-order valence-electron chi connectivity index (χ0n) is 14.1. The van der Waals surface area contributed by atoms with Crippen LogP contribution in [0.1, 0.15) is 29.5 Å². The van der Waals surface area contributed by atoms with Gasteiger partial charge in [0.05, 0.1) is 0 Å². The molecule has 23 heavy (non-hydrogen) atoms. The predicted octanol–water partition coefficient (Wildman–Crippen LogP) is 1.86. The molecule has 2 fully saturated rings. The van der Waals surface area contributed by atoms with E-state index in [4.69, 9.17) is 5.73 Å². The maximum atomic E-state index is 12.4. The van der Waals surface area contributed by atoms with Gasteiger partial charge in [-0.25, -0.2) is 0 Å². The third-order valence-electron chi connectivity index (χ3n) is 5.21. The molecule has 2 heterocycles. The van der Waals surface area contributed by atoms with Crippen molar-refractivity contribution >= 4 is 12.0 Å². The average molecular weight is 313 g/mol. The summed E-state index contributed by atoms with van der Waals surface area (Å²) >= 11 is 0. The van der Waals surface area contributed by atoms with Crippen LogP contribution in [0.5, 0.6) is 0 Å². The van der Waals surface area contributed by atoms with Crippen LogP contribution in [0.25, 0.3) is 6.08 Å². The Morgan fingerprint density at radius 3 is 2.39 bits per heavy atom. The molecular weight excluding hydrogens is 286 g/mol. The summed E-state index contributed by atoms with van der Waals surface area (Å²) in [7, 11) is 0. The van der Waals surface area contributed by atoms with Gasteiger partial charge in [0.25, 0.3) is 0 Å². The van der Waals surface area contributed by atoms with Gasteiger partial charge in [-0.1, -0.05) is 30.4 Å². The highest BCUT2D eigenvalue weighted by Gasteiger charge is 2.43. The van der Waals surface area contributed by atoms with Gasteiger partial charge in [-0.3, -0.25) is 4.79 Å². The van der Waals surface area contributed by atoms with Gasteiger partial charge in [-0.05, 0) is 49.3 Å². The topological polar surface area (TPSA) is 58.4 Å². The number of nitrogens with two attached hydrogens (primary N) is 1. The van der Waals surface area contributed by atoms with Crippen LogP contribution in [-0.4, -0.2) is 42.5 Å². The lowest BCUT2D eigenvalue weighted by Gasteiger charge is -2.42. The quantitative estimate of drug-likeness (QED) is 0.895. The van der Waals surface area contributed by atoms with Crippen LogP contribution in [0.4, 0.5) is 0 Å². The van der Waals surface area contributed by atoms with E-state index >= 15 is 0 Å². The minimum Gasteiger partial charge on any atom is -0.341 e. The van der Waals surface area contributed by atoms with E-state index in [0.717, 1.165) is 25.9 Å². The first-order chi connectivity index (χ1) is 11.0. The molecule has 0 radical (unpaired) electrons. The Balaban J connectivity index is 1.57. The highest BCUT2D eigenvalue weighted by atomic mass is 16.2. The first-order valence-corrected chi connectivity index (χ1v) is 8.53. The van der Waals surface area contributed by atoms with Gasteiger partial charge < -0.3 is 16.0 Å². The molecule has 124 valence electrons. The molecule has 0 spiro atoms. The van der Waals surface area contributed by atoms with Gasteiger partial charge in [-0.2, -0.15) is 0 Å². The minimum atomic E-state index is -0.652. The lowest BCUT2D eigenvalue weighted by Crippen LogP contribution is -2.73. The highest BCUT2D eigenvalue weighted by Crippen LogP contribution is 2.24. The Hall–Kier alpha value is -1.65. The molecule has 3 N–H and O–H groups in total. The van der Waals surface area contributed by atoms with Gasteiger partial charge in [0.2, 0.25) is 5.91 Å². The summed E-state index contributed by atoms with van der Waals surface area (Å²) in [5, 5.41) is 3.10. The lowest BCUT2D eigenvalue weighted by atomic mass is 9.89. The van der Waals surface area contributed by atoms with Crippen molar-refractivity contribution in [3.05, 3.63) is 41.0 Å². The van der Waals surface area contributed by atoms with Crippen molar-refractivity contribution in [2.24, 2.45) is 11.7 Å². The monoisotopic (exact) mass is 313 g/mol. The largest absolute Gasteiger partial charge is 0.341 e. The van der Waals surface area contributed by atoms with Crippen molar-refractivity contribution in [1.29, 1.82) is 0 Å². The fourth-order valence-electron chi connectivity index (χ4n) is 3.48. The number of benzene rings is 1. The zero-order chi connectivity index (χ0) is 16.4. The molecule has 0 saturated carbocycles. The van der Waals surface area contributed by atoms with Crippen LogP contribution in [0, 0.1) is 19.8 Å². The predicted molar refractivity (Wildman–Crippen MR) is 94.0 cm³/mol. The number of hydrogen-bond donors (Lipinski definition) is 2. The molecule has 1 amide bonds. The number of carbonyl (C=O) groups is 1. The highest BCUT2D eigenvalue weighted by molar-refractivity contribution is 5.88. The maximum Gasteiger partial charge on any atom is 0.245 e. The number of aryl methyl sites for hydroxylation is 2. The smallest absolute Gasteiger partial charge is 0.245 e. The minimum absolute atomic E-state index is 0.119. The van der Waals surface area contributed by atoms with Crippen LogP contribution >= 0.6 is 0 Å². The number of likely N-dealkylation sites (tertiary alicyclic amines) is 1. The molecule has 2 saturated heterocycles. The van der Waals surface area contributed by atoms with E-state index in [1.165, 1.54) is 16.7 Å². The molecule has 4 heteroatoms. The molecule has 0 aliphatic carbocycles. The first kappa shape index (κ1) is 16.2. The lowest BCUT2D eigenvalue weighted by molar-refractivity contribution is -0.140. The van der Waals surface area contributed by atoms with Crippen LogP contribution in [0.15, 0.2) is 24.3 Å².